The van der Waals surface area contributed by atoms with E-state index in [-0.39, 0.29) is 13.2 Å². The normalized spacial score (nSPS) is 16.5. The maximum absolute atomic E-state index is 11.9. The molecule has 0 unspecified atom stereocenters. The summed E-state index contributed by atoms with van der Waals surface area (Å²) in [5.74, 6) is 0. The number of aliphatic hydroxyl groups excluding tert-OH is 2. The zero-order chi connectivity index (χ0) is 17.0. The number of piperazine rings is 1. The first-order valence-electron chi connectivity index (χ1n) is 7.28. The van der Waals surface area contributed by atoms with Gasteiger partial charge in [-0.3, -0.25) is 0 Å². The average molecular weight is 318 g/mol. The van der Waals surface area contributed by atoms with Gasteiger partial charge < -0.3 is 29.5 Å². The van der Waals surface area contributed by atoms with Gasteiger partial charge in [-0.1, -0.05) is 0 Å². The van der Waals surface area contributed by atoms with Crippen molar-refractivity contribution in [3.05, 3.63) is 0 Å². The van der Waals surface area contributed by atoms with Crippen molar-refractivity contribution in [2.24, 2.45) is 0 Å². The van der Waals surface area contributed by atoms with E-state index in [4.69, 9.17) is 19.7 Å². The lowest BCUT2D eigenvalue weighted by Crippen LogP contribution is -2.53. The van der Waals surface area contributed by atoms with E-state index in [2.05, 4.69) is 0 Å². The van der Waals surface area contributed by atoms with Crippen LogP contribution in [0.5, 0.6) is 0 Å². The van der Waals surface area contributed by atoms with Crippen LogP contribution in [0, 0.1) is 0 Å². The van der Waals surface area contributed by atoms with Gasteiger partial charge in [0.15, 0.2) is 0 Å². The van der Waals surface area contributed by atoms with E-state index in [1.807, 2.05) is 0 Å². The zero-order valence-corrected chi connectivity index (χ0v) is 13.7. The minimum atomic E-state index is -0.932. The van der Waals surface area contributed by atoms with E-state index < -0.39 is 23.4 Å². The molecule has 2 N–H and O–H groups in total. The second-order valence-corrected chi connectivity index (χ2v) is 6.55. The number of rotatable bonds is 4. The molecule has 8 heteroatoms. The number of hydrogen-bond acceptors (Lipinski definition) is 6. The predicted octanol–water partition coefficient (Wildman–Crippen LogP) is 0.419. The summed E-state index contributed by atoms with van der Waals surface area (Å²) in [6.07, 6.45) is -1.02. The molecular weight excluding hydrogens is 292 g/mol. The summed E-state index contributed by atoms with van der Waals surface area (Å²) in [6.45, 7) is 7.27. The van der Waals surface area contributed by atoms with Crippen LogP contribution in [0.4, 0.5) is 9.59 Å². The van der Waals surface area contributed by atoms with Gasteiger partial charge in [-0.05, 0) is 27.7 Å². The number of carbonyl (C=O) groups is 2. The Balaban J connectivity index is 2.46. The zero-order valence-electron chi connectivity index (χ0n) is 13.7. The van der Waals surface area contributed by atoms with Crippen LogP contribution in [0.1, 0.15) is 27.7 Å². The molecule has 128 valence electrons. The number of amides is 2. The van der Waals surface area contributed by atoms with Crippen LogP contribution < -0.4 is 0 Å². The molecule has 0 atom stereocenters. The van der Waals surface area contributed by atoms with Gasteiger partial charge in [-0.2, -0.15) is 0 Å². The molecule has 8 nitrogen and oxygen atoms in total. The fraction of sp³-hybridized carbons (Fsp3) is 0.857. The van der Waals surface area contributed by atoms with Gasteiger partial charge >= 0.3 is 12.2 Å². The number of hydrogen-bond donors (Lipinski definition) is 2. The first kappa shape index (κ1) is 18.5. The molecular formula is C14H26N2O6. The average Bonchev–Trinajstić information content (AvgIpc) is 2.46. The van der Waals surface area contributed by atoms with E-state index in [9.17, 15) is 9.59 Å². The molecule has 22 heavy (non-hydrogen) atoms. The molecule has 1 saturated heterocycles. The highest BCUT2D eigenvalue weighted by atomic mass is 16.6. The minimum absolute atomic E-state index is 0.263. The third kappa shape index (κ3) is 5.34. The maximum atomic E-state index is 11.9. The highest BCUT2D eigenvalue weighted by Gasteiger charge is 2.31. The second kappa shape index (κ2) is 7.15. The van der Waals surface area contributed by atoms with Crippen molar-refractivity contribution in [3.8, 4) is 0 Å². The van der Waals surface area contributed by atoms with Gasteiger partial charge in [0.1, 0.15) is 11.2 Å². The molecule has 0 bridgehead atoms. The standard InChI is InChI=1S/C14H26N2O6/c1-13(2,9-17)21-11(19)15-5-7-16(8-6-15)12(20)22-14(3,4)10-18/h17-18H,5-10H2,1-4H3. The topological polar surface area (TPSA) is 99.5 Å². The molecule has 1 heterocycles. The first-order chi connectivity index (χ1) is 10.1. The molecule has 0 aromatic carbocycles. The third-order valence-corrected chi connectivity index (χ3v) is 3.28. The van der Waals surface area contributed by atoms with Crippen molar-refractivity contribution in [2.45, 2.75) is 38.9 Å². The molecule has 0 aromatic heterocycles. The Morgan fingerprint density at radius 3 is 1.32 bits per heavy atom. The Hall–Kier alpha value is -1.54. The van der Waals surface area contributed by atoms with Crippen LogP contribution in [0.3, 0.4) is 0 Å². The molecule has 0 aromatic rings. The van der Waals surface area contributed by atoms with Crippen molar-refractivity contribution >= 4 is 12.2 Å². The van der Waals surface area contributed by atoms with E-state index in [1.165, 1.54) is 9.80 Å². The van der Waals surface area contributed by atoms with Crippen LogP contribution in [0.15, 0.2) is 0 Å². The molecule has 2 amide bonds. The highest BCUT2D eigenvalue weighted by Crippen LogP contribution is 2.15. The lowest BCUT2D eigenvalue weighted by atomic mass is 10.1. The van der Waals surface area contributed by atoms with Gasteiger partial charge in [-0.15, -0.1) is 0 Å². The summed E-state index contributed by atoms with van der Waals surface area (Å²) in [7, 11) is 0. The first-order valence-corrected chi connectivity index (χ1v) is 7.28. The SMILES string of the molecule is CC(C)(CO)OC(=O)N1CCN(C(=O)OC(C)(C)CO)CC1. The Bertz CT molecular complexity index is 364. The maximum Gasteiger partial charge on any atom is 0.410 e. The van der Waals surface area contributed by atoms with Gasteiger partial charge in [0, 0.05) is 26.2 Å². The van der Waals surface area contributed by atoms with Crippen molar-refractivity contribution in [1.82, 2.24) is 9.80 Å². The largest absolute Gasteiger partial charge is 0.441 e. The van der Waals surface area contributed by atoms with Gasteiger partial charge in [0.2, 0.25) is 0 Å². The smallest absolute Gasteiger partial charge is 0.410 e. The van der Waals surface area contributed by atoms with Crippen molar-refractivity contribution in [2.75, 3.05) is 39.4 Å². The van der Waals surface area contributed by atoms with Gasteiger partial charge in [0.05, 0.1) is 13.2 Å². The number of carbonyl (C=O) groups excluding carboxylic acids is 2. The van der Waals surface area contributed by atoms with E-state index >= 15 is 0 Å². The van der Waals surface area contributed by atoms with Crippen LogP contribution in [-0.2, 0) is 9.47 Å². The molecule has 0 radical (unpaired) electrons. The Labute approximate surface area is 130 Å². The van der Waals surface area contributed by atoms with E-state index in [0.29, 0.717) is 26.2 Å². The summed E-state index contributed by atoms with van der Waals surface area (Å²) in [5, 5.41) is 18.2. The number of ether oxygens (including phenoxy) is 2. The van der Waals surface area contributed by atoms with Crippen molar-refractivity contribution in [3.63, 3.8) is 0 Å². The quantitative estimate of drug-likeness (QED) is 0.779. The molecule has 0 saturated carbocycles. The molecule has 1 aliphatic rings. The molecule has 1 fully saturated rings. The number of nitrogens with zero attached hydrogens (tertiary/aromatic N) is 2. The monoisotopic (exact) mass is 318 g/mol. The third-order valence-electron chi connectivity index (χ3n) is 3.28. The lowest BCUT2D eigenvalue weighted by Gasteiger charge is -2.36. The summed E-state index contributed by atoms with van der Waals surface area (Å²) in [6, 6.07) is 0. The van der Waals surface area contributed by atoms with Gasteiger partial charge in [0.25, 0.3) is 0 Å². The predicted molar refractivity (Wildman–Crippen MR) is 78.4 cm³/mol. The van der Waals surface area contributed by atoms with Crippen LogP contribution in [0.25, 0.3) is 0 Å². The van der Waals surface area contributed by atoms with Crippen LogP contribution in [-0.4, -0.2) is 82.8 Å². The Morgan fingerprint density at radius 1 is 0.818 bits per heavy atom. The summed E-state index contributed by atoms with van der Waals surface area (Å²) in [4.78, 5) is 26.9. The summed E-state index contributed by atoms with van der Waals surface area (Å²) < 4.78 is 10.4. The van der Waals surface area contributed by atoms with Crippen LogP contribution >= 0.6 is 0 Å². The Morgan fingerprint density at radius 2 is 1.09 bits per heavy atom. The van der Waals surface area contributed by atoms with E-state index in [1.54, 1.807) is 27.7 Å². The van der Waals surface area contributed by atoms with Crippen molar-refractivity contribution in [1.29, 1.82) is 0 Å². The molecule has 1 rings (SSSR count). The second-order valence-electron chi connectivity index (χ2n) is 6.55. The lowest BCUT2D eigenvalue weighted by molar-refractivity contribution is -0.0367. The molecule has 0 aliphatic carbocycles. The number of aliphatic hydroxyl groups is 2. The molecule has 0 spiro atoms. The highest BCUT2D eigenvalue weighted by molar-refractivity contribution is 5.70. The van der Waals surface area contributed by atoms with E-state index in [0.717, 1.165) is 0 Å². The van der Waals surface area contributed by atoms with Crippen molar-refractivity contribution < 1.29 is 29.3 Å². The van der Waals surface area contributed by atoms with Crippen LogP contribution in [0.2, 0.25) is 0 Å². The molecule has 1 aliphatic heterocycles. The minimum Gasteiger partial charge on any atom is -0.441 e. The fourth-order valence-electron chi connectivity index (χ4n) is 1.74. The summed E-state index contributed by atoms with van der Waals surface area (Å²) >= 11 is 0. The fourth-order valence-corrected chi connectivity index (χ4v) is 1.74. The van der Waals surface area contributed by atoms with Gasteiger partial charge in [-0.25, -0.2) is 9.59 Å². The Kier molecular flexibility index (Phi) is 6.01. The summed E-state index contributed by atoms with van der Waals surface area (Å²) in [5.41, 5.74) is -1.86.